The molecule has 7 aromatic rings. The minimum atomic E-state index is 0.684. The van der Waals surface area contributed by atoms with Crippen LogP contribution in [0.5, 0.6) is 0 Å². The van der Waals surface area contributed by atoms with Gasteiger partial charge in [-0.25, -0.2) is 38.2 Å². The van der Waals surface area contributed by atoms with Crippen molar-refractivity contribution in [2.75, 3.05) is 0 Å². The van der Waals surface area contributed by atoms with E-state index in [2.05, 4.69) is 102 Å². The number of benzene rings is 1. The summed E-state index contributed by atoms with van der Waals surface area (Å²) in [5.74, 6) is 0. The van der Waals surface area contributed by atoms with Crippen molar-refractivity contribution < 1.29 is 9.13 Å². The van der Waals surface area contributed by atoms with Gasteiger partial charge in [-0.2, -0.15) is 0 Å². The van der Waals surface area contributed by atoms with Gasteiger partial charge in [0.2, 0.25) is 12.7 Å². The number of aromatic nitrogens is 10. The van der Waals surface area contributed by atoms with Crippen LogP contribution in [-0.2, 0) is 26.4 Å². The van der Waals surface area contributed by atoms with Crippen LogP contribution in [0.15, 0.2) is 111 Å². The molecule has 0 amide bonds. The van der Waals surface area contributed by atoms with Crippen molar-refractivity contribution in [2.45, 2.75) is 26.4 Å². The van der Waals surface area contributed by atoms with Crippen LogP contribution in [0.4, 0.5) is 0 Å². The molecule has 0 fully saturated rings. The average molecular weight is 503 g/mol. The van der Waals surface area contributed by atoms with Gasteiger partial charge in [0.25, 0.3) is 0 Å². The molecule has 0 saturated heterocycles. The standard InChI is InChI=1S/C28H26N10/c1-2-24-4-6-26(16-34-12-14-38(20-34)22-36-10-8-30-18-36)32-28(24)27-23(1)3-5-25(31-27)15-33-11-13-37(19-33)21-35-9-7-29-17-35/h1-14,17-20H,15-16,21-22H2/q+2. The Morgan fingerprint density at radius 3 is 1.47 bits per heavy atom. The Hall–Kier alpha value is -5.12. The van der Waals surface area contributed by atoms with Gasteiger partial charge in [0.1, 0.15) is 37.9 Å². The summed E-state index contributed by atoms with van der Waals surface area (Å²) in [5, 5.41) is 2.18. The van der Waals surface area contributed by atoms with Crippen molar-refractivity contribution in [3.05, 3.63) is 123 Å². The molecule has 10 nitrogen and oxygen atoms in total. The molecule has 6 heterocycles. The largest absolute Gasteiger partial charge is 0.300 e. The first-order chi connectivity index (χ1) is 18.7. The van der Waals surface area contributed by atoms with E-state index in [4.69, 9.17) is 9.97 Å². The molecule has 0 N–H and O–H groups in total. The summed E-state index contributed by atoms with van der Waals surface area (Å²) in [7, 11) is 0. The van der Waals surface area contributed by atoms with E-state index in [1.165, 1.54) is 0 Å². The smallest absolute Gasteiger partial charge is 0.245 e. The zero-order valence-corrected chi connectivity index (χ0v) is 20.7. The van der Waals surface area contributed by atoms with Crippen LogP contribution >= 0.6 is 0 Å². The number of hydrogen-bond donors (Lipinski definition) is 0. The lowest BCUT2D eigenvalue weighted by Crippen LogP contribution is -2.34. The first-order valence-corrected chi connectivity index (χ1v) is 12.4. The molecular weight excluding hydrogens is 476 g/mol. The van der Waals surface area contributed by atoms with Crippen LogP contribution in [0.25, 0.3) is 21.8 Å². The first kappa shape index (κ1) is 22.1. The zero-order chi connectivity index (χ0) is 25.3. The summed E-state index contributed by atoms with van der Waals surface area (Å²) in [6.07, 6.45) is 23.5. The molecule has 0 saturated carbocycles. The number of nitrogens with zero attached hydrogens (tertiary/aromatic N) is 10. The summed E-state index contributed by atoms with van der Waals surface area (Å²) >= 11 is 0. The molecule has 6 aromatic heterocycles. The summed E-state index contributed by atoms with van der Waals surface area (Å²) in [4.78, 5) is 18.3. The zero-order valence-electron chi connectivity index (χ0n) is 20.7. The Morgan fingerprint density at radius 2 is 1.03 bits per heavy atom. The van der Waals surface area contributed by atoms with Crippen molar-refractivity contribution in [2.24, 2.45) is 0 Å². The fourth-order valence-corrected chi connectivity index (χ4v) is 4.75. The Balaban J connectivity index is 1.14. The molecule has 0 unspecified atom stereocenters. The maximum absolute atomic E-state index is 5.05. The van der Waals surface area contributed by atoms with E-state index >= 15 is 0 Å². The van der Waals surface area contributed by atoms with Crippen LogP contribution in [0, 0.1) is 0 Å². The van der Waals surface area contributed by atoms with E-state index in [0.717, 1.165) is 46.5 Å². The highest BCUT2D eigenvalue weighted by atomic mass is 15.2. The molecule has 0 atom stereocenters. The van der Waals surface area contributed by atoms with Crippen LogP contribution in [0.3, 0.4) is 0 Å². The molecule has 1 aromatic carbocycles. The SMILES string of the molecule is c1cn(C[n+]2ccn(Cc3ccc4ccc5ccc(Cn6cc[n+](Cn7ccnc7)c6)nc5c4n3)c2)cn1. The third-order valence-electron chi connectivity index (χ3n) is 6.59. The van der Waals surface area contributed by atoms with Gasteiger partial charge in [-0.15, -0.1) is 0 Å². The third kappa shape index (κ3) is 4.55. The van der Waals surface area contributed by atoms with Crippen LogP contribution < -0.4 is 9.13 Å². The monoisotopic (exact) mass is 502 g/mol. The van der Waals surface area contributed by atoms with Gasteiger partial charge in [-0.1, -0.05) is 24.3 Å². The van der Waals surface area contributed by atoms with Crippen molar-refractivity contribution in [1.82, 2.24) is 38.2 Å². The van der Waals surface area contributed by atoms with Crippen molar-refractivity contribution in [1.29, 1.82) is 0 Å². The average Bonchev–Trinajstić information content (AvgIpc) is 3.75. The van der Waals surface area contributed by atoms with Gasteiger partial charge in [0.15, 0.2) is 13.3 Å². The van der Waals surface area contributed by atoms with E-state index in [9.17, 15) is 0 Å². The maximum Gasteiger partial charge on any atom is 0.245 e. The van der Waals surface area contributed by atoms with E-state index in [1.54, 1.807) is 12.4 Å². The number of fused-ring (bicyclic) bond motifs is 3. The highest BCUT2D eigenvalue weighted by Gasteiger charge is 2.12. The second-order valence-electron chi connectivity index (χ2n) is 9.45. The van der Waals surface area contributed by atoms with Gasteiger partial charge in [0.05, 0.1) is 35.1 Å². The van der Waals surface area contributed by atoms with Gasteiger partial charge in [-0.05, 0) is 12.1 Å². The van der Waals surface area contributed by atoms with Crippen molar-refractivity contribution in [3.63, 3.8) is 0 Å². The third-order valence-corrected chi connectivity index (χ3v) is 6.59. The first-order valence-electron chi connectivity index (χ1n) is 12.4. The van der Waals surface area contributed by atoms with Crippen LogP contribution in [0.1, 0.15) is 11.4 Å². The molecule has 10 heteroatoms. The lowest BCUT2D eigenvalue weighted by atomic mass is 10.1. The number of hydrogen-bond acceptors (Lipinski definition) is 4. The molecule has 0 spiro atoms. The molecule has 38 heavy (non-hydrogen) atoms. The molecule has 0 aliphatic carbocycles. The minimum Gasteiger partial charge on any atom is -0.300 e. The van der Waals surface area contributed by atoms with E-state index in [-0.39, 0.29) is 0 Å². The summed E-state index contributed by atoms with van der Waals surface area (Å²) in [6, 6.07) is 12.7. The Labute approximate surface area is 218 Å². The predicted octanol–water partition coefficient (Wildman–Crippen LogP) is 2.46. The normalized spacial score (nSPS) is 11.6. The van der Waals surface area contributed by atoms with Crippen LogP contribution in [0.2, 0.25) is 0 Å². The van der Waals surface area contributed by atoms with Gasteiger partial charge >= 0.3 is 0 Å². The highest BCUT2D eigenvalue weighted by molar-refractivity contribution is 6.02. The summed E-state index contributed by atoms with van der Waals surface area (Å²) < 4.78 is 12.6. The number of pyridine rings is 2. The minimum absolute atomic E-state index is 0.684. The quantitative estimate of drug-likeness (QED) is 0.236. The predicted molar refractivity (Wildman–Crippen MR) is 140 cm³/mol. The van der Waals surface area contributed by atoms with Crippen LogP contribution in [-0.4, -0.2) is 38.2 Å². The van der Waals surface area contributed by atoms with E-state index in [1.807, 2.05) is 34.2 Å². The molecule has 0 aliphatic rings. The van der Waals surface area contributed by atoms with Crippen molar-refractivity contribution in [3.8, 4) is 0 Å². The Kier molecular flexibility index (Phi) is 5.47. The van der Waals surface area contributed by atoms with Gasteiger partial charge in [0, 0.05) is 35.6 Å². The fraction of sp³-hybridized carbons (Fsp3) is 0.143. The summed E-state index contributed by atoms with van der Waals surface area (Å²) in [5.41, 5.74) is 3.85. The topological polar surface area (TPSA) is 79.0 Å². The Morgan fingerprint density at radius 1 is 0.553 bits per heavy atom. The van der Waals surface area contributed by atoms with E-state index < -0.39 is 0 Å². The number of rotatable bonds is 8. The Bertz CT molecular complexity index is 1690. The highest BCUT2D eigenvalue weighted by Crippen LogP contribution is 2.23. The summed E-state index contributed by atoms with van der Waals surface area (Å²) in [6.45, 7) is 2.81. The van der Waals surface area contributed by atoms with Gasteiger partial charge in [-0.3, -0.25) is 0 Å². The lowest BCUT2D eigenvalue weighted by Gasteiger charge is -2.06. The molecule has 186 valence electrons. The molecule has 0 bridgehead atoms. The van der Waals surface area contributed by atoms with Crippen molar-refractivity contribution >= 4 is 21.8 Å². The second kappa shape index (κ2) is 9.40. The second-order valence-corrected chi connectivity index (χ2v) is 9.45. The molecule has 0 aliphatic heterocycles. The lowest BCUT2D eigenvalue weighted by molar-refractivity contribution is -0.701. The molecular formula is C28H26N10+2. The molecule has 0 radical (unpaired) electrons. The van der Waals surface area contributed by atoms with E-state index in [0.29, 0.717) is 13.1 Å². The maximum atomic E-state index is 5.05. The fourth-order valence-electron chi connectivity index (χ4n) is 4.75. The number of imidazole rings is 4. The molecule has 7 rings (SSSR count). The van der Waals surface area contributed by atoms with Gasteiger partial charge < -0.3 is 9.13 Å².